The van der Waals surface area contributed by atoms with E-state index in [2.05, 4.69) is 184 Å². The molecule has 0 amide bonds. The predicted octanol–water partition coefficient (Wildman–Crippen LogP) is 13.3. The molecule has 8 aromatic rings. The van der Waals surface area contributed by atoms with Gasteiger partial charge in [0.1, 0.15) is 11.2 Å². The Balaban J connectivity index is 1.24. The van der Waals surface area contributed by atoms with Gasteiger partial charge in [-0.3, -0.25) is 0 Å². The Morgan fingerprint density at radius 1 is 0.440 bits per heavy atom. The van der Waals surface area contributed by atoms with Crippen LogP contribution in [0.5, 0.6) is 0 Å². The van der Waals surface area contributed by atoms with Crippen LogP contribution in [0.4, 0.5) is 17.1 Å². The maximum atomic E-state index is 6.76. The summed E-state index contributed by atoms with van der Waals surface area (Å²) in [6.07, 6.45) is 0. The summed E-state index contributed by atoms with van der Waals surface area (Å²) >= 11 is 0. The summed E-state index contributed by atoms with van der Waals surface area (Å²) in [5, 5.41) is 2.32. The lowest BCUT2D eigenvalue weighted by Gasteiger charge is -2.30. The number of furan rings is 1. The van der Waals surface area contributed by atoms with Crippen LogP contribution in [-0.4, -0.2) is 0 Å². The van der Waals surface area contributed by atoms with Gasteiger partial charge in [0, 0.05) is 44.1 Å². The molecular formula is C48H37NO. The third kappa shape index (κ3) is 3.96. The second kappa shape index (κ2) is 10.3. The molecule has 0 unspecified atom stereocenters. The van der Waals surface area contributed by atoms with Crippen LogP contribution >= 0.6 is 0 Å². The second-order valence-corrected chi connectivity index (χ2v) is 14.9. The average molecular weight is 644 g/mol. The average Bonchev–Trinajstić information content (AvgIpc) is 3.73. The first kappa shape index (κ1) is 29.1. The molecule has 0 N–H and O–H groups in total. The van der Waals surface area contributed by atoms with Crippen molar-refractivity contribution in [2.45, 2.75) is 38.5 Å². The number of para-hydroxylation sites is 1. The van der Waals surface area contributed by atoms with Crippen LogP contribution in [0.1, 0.15) is 49.9 Å². The Hall–Kier alpha value is -5.86. The molecule has 0 saturated carbocycles. The monoisotopic (exact) mass is 643 g/mol. The molecule has 0 aliphatic heterocycles. The molecule has 2 heteroatoms. The molecule has 0 spiro atoms. The quantitative estimate of drug-likeness (QED) is 0.190. The van der Waals surface area contributed by atoms with Crippen molar-refractivity contribution in [2.24, 2.45) is 0 Å². The van der Waals surface area contributed by atoms with Crippen LogP contribution in [-0.2, 0) is 10.8 Å². The van der Waals surface area contributed by atoms with Crippen molar-refractivity contribution in [1.29, 1.82) is 0 Å². The fraction of sp³-hybridized carbons (Fsp3) is 0.125. The highest BCUT2D eigenvalue weighted by molar-refractivity contribution is 6.13. The van der Waals surface area contributed by atoms with Gasteiger partial charge in [-0.05, 0) is 80.9 Å². The topological polar surface area (TPSA) is 16.4 Å². The molecule has 10 rings (SSSR count). The van der Waals surface area contributed by atoms with Gasteiger partial charge < -0.3 is 9.32 Å². The largest absolute Gasteiger partial charge is 0.455 e. The lowest BCUT2D eigenvalue weighted by Crippen LogP contribution is -2.17. The summed E-state index contributed by atoms with van der Waals surface area (Å²) in [4.78, 5) is 2.47. The van der Waals surface area contributed by atoms with Gasteiger partial charge in [0.15, 0.2) is 0 Å². The normalized spacial score (nSPS) is 14.7. The Morgan fingerprint density at radius 2 is 1.08 bits per heavy atom. The molecule has 2 aliphatic rings. The highest BCUT2D eigenvalue weighted by atomic mass is 16.3. The van der Waals surface area contributed by atoms with Crippen molar-refractivity contribution < 1.29 is 4.42 Å². The van der Waals surface area contributed by atoms with E-state index in [1.165, 1.54) is 55.6 Å². The van der Waals surface area contributed by atoms with Crippen LogP contribution in [0, 0.1) is 0 Å². The van der Waals surface area contributed by atoms with E-state index >= 15 is 0 Å². The minimum Gasteiger partial charge on any atom is -0.455 e. The number of nitrogens with zero attached hydrogens (tertiary/aromatic N) is 1. The molecule has 1 aromatic heterocycles. The number of anilines is 3. The van der Waals surface area contributed by atoms with Gasteiger partial charge in [-0.15, -0.1) is 0 Å². The van der Waals surface area contributed by atoms with E-state index in [0.717, 1.165) is 39.0 Å². The summed E-state index contributed by atoms with van der Waals surface area (Å²) in [5.74, 6) is 0. The number of fused-ring (bicyclic) bond motifs is 10. The Kier molecular flexibility index (Phi) is 6.01. The highest BCUT2D eigenvalue weighted by Gasteiger charge is 2.41. The third-order valence-electron chi connectivity index (χ3n) is 11.5. The van der Waals surface area contributed by atoms with Crippen LogP contribution in [0.2, 0.25) is 0 Å². The van der Waals surface area contributed by atoms with Gasteiger partial charge in [0.05, 0.1) is 5.69 Å². The van der Waals surface area contributed by atoms with Gasteiger partial charge >= 0.3 is 0 Å². The molecule has 7 aromatic carbocycles. The molecule has 0 saturated heterocycles. The van der Waals surface area contributed by atoms with Crippen molar-refractivity contribution in [3.05, 3.63) is 174 Å². The maximum Gasteiger partial charge on any atom is 0.143 e. The van der Waals surface area contributed by atoms with Crippen LogP contribution in [0.25, 0.3) is 55.3 Å². The van der Waals surface area contributed by atoms with Crippen LogP contribution in [0.15, 0.2) is 156 Å². The van der Waals surface area contributed by atoms with E-state index in [4.69, 9.17) is 4.42 Å². The van der Waals surface area contributed by atoms with Gasteiger partial charge in [-0.25, -0.2) is 0 Å². The van der Waals surface area contributed by atoms with E-state index in [-0.39, 0.29) is 10.8 Å². The summed E-state index contributed by atoms with van der Waals surface area (Å²) in [6, 6.07) is 55.5. The fourth-order valence-electron chi connectivity index (χ4n) is 8.91. The first-order chi connectivity index (χ1) is 24.3. The van der Waals surface area contributed by atoms with Crippen molar-refractivity contribution >= 4 is 39.0 Å². The molecule has 0 atom stereocenters. The lowest BCUT2D eigenvalue weighted by molar-refractivity contribution is 0.653. The van der Waals surface area contributed by atoms with E-state index < -0.39 is 0 Å². The molecule has 2 aliphatic carbocycles. The SMILES string of the molecule is CC1(C)c2ccccc2-c2ccc(N(c3ccc(-c4ccccc4)cc3)c3cccc4c3-c3c(ccc5c3oc3ccccc35)C4(C)C)cc21. The maximum absolute atomic E-state index is 6.76. The lowest BCUT2D eigenvalue weighted by atomic mass is 9.82. The second-order valence-electron chi connectivity index (χ2n) is 14.9. The molecule has 2 nitrogen and oxygen atoms in total. The standard InChI is InChI=1S/C48H37NO/c1-47(2)38-17-10-8-15-34(38)35-26-25-33(29-41(35)47)49(32-23-21-31(22-24-32)30-13-6-5-7-14-30)42-19-12-18-39-44(42)45-40(48(39,3)4)28-27-37-36-16-9-11-20-43(36)50-46(37)45/h5-29H,1-4H3. The van der Waals surface area contributed by atoms with Crippen molar-refractivity contribution in [3.63, 3.8) is 0 Å². The van der Waals surface area contributed by atoms with E-state index in [1.807, 2.05) is 0 Å². The summed E-state index contributed by atoms with van der Waals surface area (Å²) in [5.41, 5.74) is 17.9. The molecule has 50 heavy (non-hydrogen) atoms. The summed E-state index contributed by atoms with van der Waals surface area (Å²) in [6.45, 7) is 9.42. The summed E-state index contributed by atoms with van der Waals surface area (Å²) < 4.78 is 6.76. The van der Waals surface area contributed by atoms with Crippen molar-refractivity contribution in [1.82, 2.24) is 0 Å². The molecule has 0 bridgehead atoms. The Bertz CT molecular complexity index is 2640. The van der Waals surface area contributed by atoms with E-state index in [9.17, 15) is 0 Å². The minimum absolute atomic E-state index is 0.113. The molecule has 0 radical (unpaired) electrons. The smallest absolute Gasteiger partial charge is 0.143 e. The van der Waals surface area contributed by atoms with Gasteiger partial charge in [-0.1, -0.05) is 143 Å². The third-order valence-corrected chi connectivity index (χ3v) is 11.5. The Labute approximate surface area is 293 Å². The zero-order valence-corrected chi connectivity index (χ0v) is 28.8. The molecule has 0 fully saturated rings. The first-order valence-electron chi connectivity index (χ1n) is 17.6. The summed E-state index contributed by atoms with van der Waals surface area (Å²) in [7, 11) is 0. The van der Waals surface area contributed by atoms with Crippen molar-refractivity contribution in [3.8, 4) is 33.4 Å². The molecule has 240 valence electrons. The van der Waals surface area contributed by atoms with Crippen LogP contribution < -0.4 is 4.90 Å². The zero-order valence-electron chi connectivity index (χ0n) is 28.8. The van der Waals surface area contributed by atoms with E-state index in [1.54, 1.807) is 0 Å². The van der Waals surface area contributed by atoms with Gasteiger partial charge in [-0.2, -0.15) is 0 Å². The van der Waals surface area contributed by atoms with Gasteiger partial charge in [0.25, 0.3) is 0 Å². The van der Waals surface area contributed by atoms with E-state index in [0.29, 0.717) is 0 Å². The van der Waals surface area contributed by atoms with Gasteiger partial charge in [0.2, 0.25) is 0 Å². The molecule has 1 heterocycles. The predicted molar refractivity (Wildman–Crippen MR) is 209 cm³/mol. The molecular weight excluding hydrogens is 607 g/mol. The zero-order chi connectivity index (χ0) is 33.8. The minimum atomic E-state index is -0.196. The van der Waals surface area contributed by atoms with Crippen molar-refractivity contribution in [2.75, 3.05) is 4.90 Å². The number of rotatable bonds is 4. The number of hydrogen-bond acceptors (Lipinski definition) is 2. The Morgan fingerprint density at radius 3 is 1.92 bits per heavy atom. The first-order valence-corrected chi connectivity index (χ1v) is 17.6. The number of hydrogen-bond donors (Lipinski definition) is 0. The fourth-order valence-corrected chi connectivity index (χ4v) is 8.91. The highest BCUT2D eigenvalue weighted by Crippen LogP contribution is 2.58. The van der Waals surface area contributed by atoms with Crippen LogP contribution in [0.3, 0.4) is 0 Å². The number of benzene rings is 7.